The summed E-state index contributed by atoms with van der Waals surface area (Å²) >= 11 is 0.996. The lowest BCUT2D eigenvalue weighted by Crippen LogP contribution is -2.13. The lowest BCUT2D eigenvalue weighted by Gasteiger charge is -2.11. The second kappa shape index (κ2) is 5.96. The van der Waals surface area contributed by atoms with Gasteiger partial charge in [-0.1, -0.05) is 13.8 Å². The number of carbonyl (C=O) groups is 1. The smallest absolute Gasteiger partial charge is 0.397 e. The monoisotopic (exact) mass is 329 g/mol. The van der Waals surface area contributed by atoms with Crippen molar-refractivity contribution in [3.63, 3.8) is 0 Å². The maximum Gasteiger partial charge on any atom is 0.416 e. The Labute approximate surface area is 129 Å². The van der Waals surface area contributed by atoms with Gasteiger partial charge in [0.25, 0.3) is 5.91 Å². The minimum Gasteiger partial charge on any atom is -0.397 e. The van der Waals surface area contributed by atoms with Gasteiger partial charge in [-0.05, 0) is 41.7 Å². The average molecular weight is 329 g/mol. The molecular weight excluding hydrogens is 315 g/mol. The summed E-state index contributed by atoms with van der Waals surface area (Å²) in [4.78, 5) is 12.4. The van der Waals surface area contributed by atoms with E-state index in [1.54, 1.807) is 6.07 Å². The molecule has 8 heteroatoms. The number of alkyl halides is 3. The van der Waals surface area contributed by atoms with Crippen molar-refractivity contribution < 1.29 is 18.0 Å². The number of rotatable bonds is 3. The molecule has 118 valence electrons. The summed E-state index contributed by atoms with van der Waals surface area (Å²) in [5.74, 6) is -0.369. The van der Waals surface area contributed by atoms with E-state index in [1.807, 2.05) is 13.8 Å². The van der Waals surface area contributed by atoms with Crippen molar-refractivity contribution in [2.45, 2.75) is 25.9 Å². The van der Waals surface area contributed by atoms with E-state index in [9.17, 15) is 18.0 Å². The molecule has 1 aromatic heterocycles. The van der Waals surface area contributed by atoms with Crippen LogP contribution in [0, 0.1) is 0 Å². The van der Waals surface area contributed by atoms with Crippen molar-refractivity contribution in [1.29, 1.82) is 0 Å². The third kappa shape index (κ3) is 3.56. The van der Waals surface area contributed by atoms with Crippen LogP contribution >= 0.6 is 11.5 Å². The van der Waals surface area contributed by atoms with Gasteiger partial charge >= 0.3 is 6.18 Å². The molecule has 1 heterocycles. The van der Waals surface area contributed by atoms with Crippen LogP contribution in [0.2, 0.25) is 0 Å². The predicted molar refractivity (Wildman–Crippen MR) is 80.0 cm³/mol. The number of carbonyl (C=O) groups excluding carboxylic acids is 1. The Balaban J connectivity index is 2.24. The summed E-state index contributed by atoms with van der Waals surface area (Å²) in [5.41, 5.74) is 5.50. The van der Waals surface area contributed by atoms with Crippen LogP contribution in [0.1, 0.15) is 40.7 Å². The van der Waals surface area contributed by atoms with Gasteiger partial charge < -0.3 is 11.1 Å². The molecule has 4 nitrogen and oxygen atoms in total. The standard InChI is InChI=1S/C14H14F3N3OS/c1-7(2)10-6-12(22-20-10)13(21)19-11-5-8(14(15,16)17)3-4-9(11)18/h3-7H,18H2,1-2H3,(H,19,21). The summed E-state index contributed by atoms with van der Waals surface area (Å²) in [7, 11) is 0. The van der Waals surface area contributed by atoms with E-state index in [0.29, 0.717) is 4.88 Å². The SMILES string of the molecule is CC(C)c1cc(C(=O)Nc2cc(C(F)(F)F)ccc2N)sn1. The highest BCUT2D eigenvalue weighted by Gasteiger charge is 2.31. The summed E-state index contributed by atoms with van der Waals surface area (Å²) in [5, 5.41) is 2.40. The van der Waals surface area contributed by atoms with Gasteiger partial charge in [-0.15, -0.1) is 0 Å². The van der Waals surface area contributed by atoms with Crippen molar-refractivity contribution in [2.24, 2.45) is 0 Å². The molecule has 0 radical (unpaired) electrons. The first-order valence-electron chi connectivity index (χ1n) is 6.43. The molecule has 2 aromatic rings. The molecule has 0 fully saturated rings. The summed E-state index contributed by atoms with van der Waals surface area (Å²) < 4.78 is 42.2. The van der Waals surface area contributed by atoms with E-state index in [0.717, 1.165) is 35.4 Å². The van der Waals surface area contributed by atoms with Gasteiger partial charge in [-0.2, -0.15) is 17.5 Å². The third-order valence-corrected chi connectivity index (χ3v) is 3.77. The van der Waals surface area contributed by atoms with Gasteiger partial charge in [0.15, 0.2) is 0 Å². The van der Waals surface area contributed by atoms with Gasteiger partial charge in [0.2, 0.25) is 0 Å². The number of nitrogens with zero attached hydrogens (tertiary/aromatic N) is 1. The largest absolute Gasteiger partial charge is 0.416 e. The van der Waals surface area contributed by atoms with E-state index >= 15 is 0 Å². The number of halogens is 3. The first-order valence-corrected chi connectivity index (χ1v) is 7.20. The zero-order valence-corrected chi connectivity index (χ0v) is 12.7. The van der Waals surface area contributed by atoms with Crippen molar-refractivity contribution in [3.05, 3.63) is 40.4 Å². The molecule has 22 heavy (non-hydrogen) atoms. The predicted octanol–water partition coefficient (Wildman–Crippen LogP) is 4.12. The first-order chi connectivity index (χ1) is 10.2. The molecule has 0 aliphatic heterocycles. The summed E-state index contributed by atoms with van der Waals surface area (Å²) in [6.45, 7) is 3.86. The van der Waals surface area contributed by atoms with E-state index in [2.05, 4.69) is 9.69 Å². The highest BCUT2D eigenvalue weighted by molar-refractivity contribution is 7.08. The second-order valence-corrected chi connectivity index (χ2v) is 5.83. The molecule has 0 bridgehead atoms. The lowest BCUT2D eigenvalue weighted by atomic mass is 10.1. The molecule has 3 N–H and O–H groups in total. The Morgan fingerprint density at radius 2 is 2.00 bits per heavy atom. The molecule has 0 spiro atoms. The topological polar surface area (TPSA) is 68.0 Å². The average Bonchev–Trinajstić information content (AvgIpc) is 2.89. The van der Waals surface area contributed by atoms with Crippen LogP contribution < -0.4 is 11.1 Å². The number of amides is 1. The number of aromatic nitrogens is 1. The molecule has 0 unspecified atom stereocenters. The van der Waals surface area contributed by atoms with E-state index in [4.69, 9.17) is 5.73 Å². The fraction of sp³-hybridized carbons (Fsp3) is 0.286. The van der Waals surface area contributed by atoms with Gasteiger partial charge in [0, 0.05) is 0 Å². The lowest BCUT2D eigenvalue weighted by molar-refractivity contribution is -0.137. The fourth-order valence-corrected chi connectivity index (χ4v) is 2.47. The van der Waals surface area contributed by atoms with Crippen LogP contribution in [0.3, 0.4) is 0 Å². The molecule has 0 aliphatic rings. The number of nitrogens with one attached hydrogen (secondary N) is 1. The number of anilines is 2. The van der Waals surface area contributed by atoms with Crippen LogP contribution in [-0.4, -0.2) is 10.3 Å². The normalized spacial score (nSPS) is 11.7. The second-order valence-electron chi connectivity index (χ2n) is 5.02. The van der Waals surface area contributed by atoms with Gasteiger partial charge in [-0.3, -0.25) is 4.79 Å². The number of nitrogen functional groups attached to an aromatic ring is 1. The van der Waals surface area contributed by atoms with Crippen LogP contribution in [-0.2, 0) is 6.18 Å². The van der Waals surface area contributed by atoms with Crippen molar-refractivity contribution in [2.75, 3.05) is 11.1 Å². The van der Waals surface area contributed by atoms with Crippen molar-refractivity contribution >= 4 is 28.8 Å². The Kier molecular flexibility index (Phi) is 4.41. The molecule has 0 atom stereocenters. The zero-order valence-electron chi connectivity index (χ0n) is 11.9. The molecule has 0 saturated carbocycles. The van der Waals surface area contributed by atoms with Gasteiger partial charge in [0.05, 0.1) is 22.6 Å². The Bertz CT molecular complexity index is 695. The number of hydrogen-bond donors (Lipinski definition) is 2. The molecule has 1 amide bonds. The van der Waals surface area contributed by atoms with Crippen molar-refractivity contribution in [3.8, 4) is 0 Å². The first kappa shape index (κ1) is 16.3. The number of hydrogen-bond acceptors (Lipinski definition) is 4. The van der Waals surface area contributed by atoms with E-state index < -0.39 is 17.6 Å². The maximum atomic E-state index is 12.7. The van der Waals surface area contributed by atoms with Gasteiger partial charge in [0.1, 0.15) is 4.88 Å². The summed E-state index contributed by atoms with van der Waals surface area (Å²) in [6.07, 6.45) is -4.50. The highest BCUT2D eigenvalue weighted by atomic mass is 32.1. The maximum absolute atomic E-state index is 12.7. The van der Waals surface area contributed by atoms with Gasteiger partial charge in [-0.25, -0.2) is 0 Å². The minimum absolute atomic E-state index is 0.0648. The zero-order chi connectivity index (χ0) is 16.5. The number of benzene rings is 1. The Morgan fingerprint density at radius 3 is 2.55 bits per heavy atom. The number of nitrogens with two attached hydrogens (primary N) is 1. The molecule has 2 rings (SSSR count). The molecule has 0 saturated heterocycles. The highest BCUT2D eigenvalue weighted by Crippen LogP contribution is 2.33. The van der Waals surface area contributed by atoms with E-state index in [-0.39, 0.29) is 17.3 Å². The van der Waals surface area contributed by atoms with Crippen LogP contribution in [0.25, 0.3) is 0 Å². The van der Waals surface area contributed by atoms with Crippen LogP contribution in [0.5, 0.6) is 0 Å². The third-order valence-electron chi connectivity index (χ3n) is 2.97. The molecular formula is C14H14F3N3OS. The Hall–Kier alpha value is -2.09. The van der Waals surface area contributed by atoms with Crippen LogP contribution in [0.15, 0.2) is 24.3 Å². The quantitative estimate of drug-likeness (QED) is 0.832. The Morgan fingerprint density at radius 1 is 1.32 bits per heavy atom. The van der Waals surface area contributed by atoms with E-state index in [1.165, 1.54) is 0 Å². The minimum atomic E-state index is -4.50. The fourth-order valence-electron chi connectivity index (χ4n) is 1.69. The van der Waals surface area contributed by atoms with Crippen LogP contribution in [0.4, 0.5) is 24.5 Å². The summed E-state index contributed by atoms with van der Waals surface area (Å²) in [6, 6.07) is 4.42. The van der Waals surface area contributed by atoms with Crippen molar-refractivity contribution in [1.82, 2.24) is 4.37 Å². The molecule has 1 aromatic carbocycles. The molecule has 0 aliphatic carbocycles.